The van der Waals surface area contributed by atoms with Crippen molar-refractivity contribution >= 4 is 10.2 Å². The van der Waals surface area contributed by atoms with Crippen molar-refractivity contribution in [3.63, 3.8) is 0 Å². The van der Waals surface area contributed by atoms with E-state index in [0.29, 0.717) is 32.2 Å². The van der Waals surface area contributed by atoms with Crippen LogP contribution in [0.2, 0.25) is 0 Å². The van der Waals surface area contributed by atoms with Gasteiger partial charge in [0.25, 0.3) is 10.2 Å². The van der Waals surface area contributed by atoms with Crippen LogP contribution in [0.15, 0.2) is 0 Å². The Morgan fingerprint density at radius 2 is 2.14 bits per heavy atom. The summed E-state index contributed by atoms with van der Waals surface area (Å²) in [5.74, 6) is 0.318. The first-order valence-electron chi connectivity index (χ1n) is 7.93. The molecule has 0 aromatic rings. The highest BCUT2D eigenvalue weighted by Crippen LogP contribution is 2.20. The summed E-state index contributed by atoms with van der Waals surface area (Å²) in [5, 5.41) is 3.29. The van der Waals surface area contributed by atoms with Crippen LogP contribution in [-0.2, 0) is 14.9 Å². The van der Waals surface area contributed by atoms with Crippen LogP contribution in [0.1, 0.15) is 32.6 Å². The summed E-state index contributed by atoms with van der Waals surface area (Å²) in [6.45, 7) is 6.37. The second-order valence-corrected chi connectivity index (χ2v) is 7.79. The molecule has 1 heterocycles. The van der Waals surface area contributed by atoms with Gasteiger partial charge >= 0.3 is 0 Å². The fraction of sp³-hybridized carbons (Fsp3) is 1.00. The van der Waals surface area contributed by atoms with Gasteiger partial charge in [-0.05, 0) is 44.7 Å². The van der Waals surface area contributed by atoms with E-state index in [9.17, 15) is 8.42 Å². The Bertz CT molecular complexity index is 374. The van der Waals surface area contributed by atoms with Crippen molar-refractivity contribution in [2.24, 2.45) is 5.92 Å². The molecule has 1 aliphatic rings. The molecule has 0 radical (unpaired) electrons. The van der Waals surface area contributed by atoms with E-state index in [0.717, 1.165) is 38.8 Å². The largest absolute Gasteiger partial charge is 0.384 e. The van der Waals surface area contributed by atoms with E-state index in [2.05, 4.69) is 12.2 Å². The number of ether oxygens (including phenoxy) is 1. The quantitative estimate of drug-likeness (QED) is 0.608. The molecule has 0 spiro atoms. The van der Waals surface area contributed by atoms with Crippen LogP contribution in [0.5, 0.6) is 0 Å². The van der Waals surface area contributed by atoms with E-state index in [-0.39, 0.29) is 0 Å². The second kappa shape index (κ2) is 9.74. The van der Waals surface area contributed by atoms with Crippen LogP contribution in [0.4, 0.5) is 0 Å². The van der Waals surface area contributed by atoms with Gasteiger partial charge in [-0.1, -0.05) is 6.92 Å². The molecule has 1 atom stereocenters. The fourth-order valence-electron chi connectivity index (χ4n) is 2.65. The molecule has 1 unspecified atom stereocenters. The molecule has 0 bridgehead atoms. The molecule has 7 heteroatoms. The maximum atomic E-state index is 12.5. The maximum Gasteiger partial charge on any atom is 0.281 e. The minimum atomic E-state index is -3.32. The molecular formula is C14H31N3O3S. The number of hydrogen-bond acceptors (Lipinski definition) is 4. The molecule has 126 valence electrons. The molecule has 6 nitrogen and oxygen atoms in total. The molecule has 21 heavy (non-hydrogen) atoms. The second-order valence-electron chi connectivity index (χ2n) is 5.75. The monoisotopic (exact) mass is 321 g/mol. The molecule has 1 saturated heterocycles. The Morgan fingerprint density at radius 3 is 2.81 bits per heavy atom. The van der Waals surface area contributed by atoms with Crippen molar-refractivity contribution in [2.75, 3.05) is 53.5 Å². The van der Waals surface area contributed by atoms with Gasteiger partial charge in [-0.15, -0.1) is 0 Å². The smallest absolute Gasteiger partial charge is 0.281 e. The van der Waals surface area contributed by atoms with E-state index in [1.165, 1.54) is 4.31 Å². The van der Waals surface area contributed by atoms with Crippen LogP contribution in [0, 0.1) is 5.92 Å². The Labute approximate surface area is 130 Å². The van der Waals surface area contributed by atoms with Gasteiger partial charge in [0.2, 0.25) is 0 Å². The van der Waals surface area contributed by atoms with Crippen LogP contribution >= 0.6 is 0 Å². The van der Waals surface area contributed by atoms with Crippen LogP contribution in [0.3, 0.4) is 0 Å². The lowest BCUT2D eigenvalue weighted by atomic mass is 10.0. The SMILES string of the molecule is CCCNCCCN(C)S(=O)(=O)N1CCCC(COC)C1. The van der Waals surface area contributed by atoms with Gasteiger partial charge in [0, 0.05) is 33.8 Å². The van der Waals surface area contributed by atoms with E-state index in [4.69, 9.17) is 4.74 Å². The summed E-state index contributed by atoms with van der Waals surface area (Å²) < 4.78 is 33.3. The first-order chi connectivity index (χ1) is 10.0. The predicted molar refractivity (Wildman–Crippen MR) is 85.5 cm³/mol. The minimum Gasteiger partial charge on any atom is -0.384 e. The van der Waals surface area contributed by atoms with Gasteiger partial charge in [0.05, 0.1) is 6.61 Å². The van der Waals surface area contributed by atoms with E-state index >= 15 is 0 Å². The first kappa shape index (κ1) is 18.8. The normalized spacial score (nSPS) is 21.0. The Kier molecular flexibility index (Phi) is 8.73. The number of nitrogens with one attached hydrogen (secondary N) is 1. The number of nitrogens with zero attached hydrogens (tertiary/aromatic N) is 2. The van der Waals surface area contributed by atoms with Gasteiger partial charge in [0.1, 0.15) is 0 Å². The number of rotatable bonds is 10. The molecule has 0 aromatic carbocycles. The van der Waals surface area contributed by atoms with Gasteiger partial charge in [-0.25, -0.2) is 0 Å². The maximum absolute atomic E-state index is 12.5. The third kappa shape index (κ3) is 6.20. The van der Waals surface area contributed by atoms with Crippen molar-refractivity contribution in [1.82, 2.24) is 13.9 Å². The van der Waals surface area contributed by atoms with Crippen LogP contribution < -0.4 is 5.32 Å². The van der Waals surface area contributed by atoms with Crippen molar-refractivity contribution in [1.29, 1.82) is 0 Å². The predicted octanol–water partition coefficient (Wildman–Crippen LogP) is 0.911. The Balaban J connectivity index is 2.43. The summed E-state index contributed by atoms with van der Waals surface area (Å²) >= 11 is 0. The highest BCUT2D eigenvalue weighted by Gasteiger charge is 2.31. The third-order valence-electron chi connectivity index (χ3n) is 3.86. The molecule has 1 fully saturated rings. The lowest BCUT2D eigenvalue weighted by Gasteiger charge is -2.34. The molecule has 0 aromatic heterocycles. The zero-order valence-electron chi connectivity index (χ0n) is 13.7. The summed E-state index contributed by atoms with van der Waals surface area (Å²) in [5.41, 5.74) is 0. The summed E-state index contributed by atoms with van der Waals surface area (Å²) in [6, 6.07) is 0. The average Bonchev–Trinajstić information content (AvgIpc) is 2.47. The molecule has 0 aliphatic carbocycles. The van der Waals surface area contributed by atoms with Gasteiger partial charge < -0.3 is 10.1 Å². The number of hydrogen-bond donors (Lipinski definition) is 1. The lowest BCUT2D eigenvalue weighted by Crippen LogP contribution is -2.47. The summed E-state index contributed by atoms with van der Waals surface area (Å²) in [7, 11) is 0.0225. The Morgan fingerprint density at radius 1 is 1.38 bits per heavy atom. The van der Waals surface area contributed by atoms with Gasteiger partial charge in [0.15, 0.2) is 0 Å². The molecule has 1 aliphatic heterocycles. The number of methoxy groups -OCH3 is 1. The zero-order valence-corrected chi connectivity index (χ0v) is 14.5. The zero-order chi connectivity index (χ0) is 15.7. The van der Waals surface area contributed by atoms with Crippen LogP contribution in [0.25, 0.3) is 0 Å². The van der Waals surface area contributed by atoms with Gasteiger partial charge in [-0.3, -0.25) is 0 Å². The molecular weight excluding hydrogens is 290 g/mol. The molecule has 1 N–H and O–H groups in total. The van der Waals surface area contributed by atoms with E-state index in [1.807, 2.05) is 0 Å². The molecule has 1 rings (SSSR count). The van der Waals surface area contributed by atoms with E-state index < -0.39 is 10.2 Å². The molecule has 0 saturated carbocycles. The van der Waals surface area contributed by atoms with E-state index in [1.54, 1.807) is 18.5 Å². The standard InChI is InChI=1S/C14H31N3O3S/c1-4-8-15-9-6-10-16(2)21(18,19)17-11-5-7-14(12-17)13-20-3/h14-15H,4-13H2,1-3H3. The molecule has 0 amide bonds. The highest BCUT2D eigenvalue weighted by molar-refractivity contribution is 7.86. The summed E-state index contributed by atoms with van der Waals surface area (Å²) in [6.07, 6.45) is 3.90. The fourth-order valence-corrected chi connectivity index (χ4v) is 4.16. The third-order valence-corrected chi connectivity index (χ3v) is 5.81. The first-order valence-corrected chi connectivity index (χ1v) is 9.33. The van der Waals surface area contributed by atoms with Crippen molar-refractivity contribution in [3.05, 3.63) is 0 Å². The topological polar surface area (TPSA) is 61.9 Å². The van der Waals surface area contributed by atoms with Gasteiger partial charge in [-0.2, -0.15) is 17.0 Å². The Hall–Kier alpha value is -0.210. The number of piperidine rings is 1. The lowest BCUT2D eigenvalue weighted by molar-refractivity contribution is 0.116. The van der Waals surface area contributed by atoms with Crippen molar-refractivity contribution in [2.45, 2.75) is 32.6 Å². The van der Waals surface area contributed by atoms with Crippen molar-refractivity contribution < 1.29 is 13.2 Å². The van der Waals surface area contributed by atoms with Crippen LogP contribution in [-0.4, -0.2) is 70.5 Å². The van der Waals surface area contributed by atoms with Crippen molar-refractivity contribution in [3.8, 4) is 0 Å². The minimum absolute atomic E-state index is 0.318. The average molecular weight is 321 g/mol. The summed E-state index contributed by atoms with van der Waals surface area (Å²) in [4.78, 5) is 0. The highest BCUT2D eigenvalue weighted by atomic mass is 32.2.